The van der Waals surface area contributed by atoms with Crippen molar-refractivity contribution in [1.82, 2.24) is 0 Å². The molecule has 0 radical (unpaired) electrons. The van der Waals surface area contributed by atoms with Crippen LogP contribution in [0.15, 0.2) is 38.0 Å². The quantitative estimate of drug-likeness (QED) is 0.398. The first-order valence-corrected chi connectivity index (χ1v) is 4.92. The van der Waals surface area contributed by atoms with Gasteiger partial charge in [-0.05, 0) is 24.6 Å². The van der Waals surface area contributed by atoms with E-state index in [9.17, 15) is 0 Å². The van der Waals surface area contributed by atoms with Crippen LogP contribution in [0, 0.1) is 0 Å². The molecule has 0 N–H and O–H groups in total. The van der Waals surface area contributed by atoms with Gasteiger partial charge in [0.25, 0.3) is 0 Å². The van der Waals surface area contributed by atoms with Crippen LogP contribution in [0.1, 0.15) is 13.3 Å². The number of nitrogens with zero attached hydrogens (tertiary/aromatic N) is 1. The molecular weight excluding hydrogens is 158 g/mol. The number of hydrogen-bond donors (Lipinski definition) is 0. The van der Waals surface area contributed by atoms with Gasteiger partial charge in [-0.2, -0.15) is 0 Å². The van der Waals surface area contributed by atoms with Crippen molar-refractivity contribution < 1.29 is 4.48 Å². The highest BCUT2D eigenvalue weighted by Crippen LogP contribution is 2.09. The van der Waals surface area contributed by atoms with Gasteiger partial charge < -0.3 is 4.48 Å². The summed E-state index contributed by atoms with van der Waals surface area (Å²) in [6, 6.07) is 0. The van der Waals surface area contributed by atoms with Gasteiger partial charge in [0.1, 0.15) is 0 Å². The molecule has 0 aromatic rings. The molecule has 0 bridgehead atoms. The minimum atomic E-state index is 1.01. The molecule has 74 valence electrons. The lowest BCUT2D eigenvalue weighted by molar-refractivity contribution is -0.911. The molecule has 0 saturated carbocycles. The van der Waals surface area contributed by atoms with E-state index in [1.54, 1.807) is 0 Å². The fraction of sp³-hybridized carbons (Fsp3) is 0.500. The molecule has 13 heavy (non-hydrogen) atoms. The van der Waals surface area contributed by atoms with Gasteiger partial charge in [0.05, 0.1) is 26.2 Å². The van der Waals surface area contributed by atoms with Crippen molar-refractivity contribution in [1.29, 1.82) is 0 Å². The Morgan fingerprint density at radius 2 is 1.31 bits per heavy atom. The third-order valence-electron chi connectivity index (χ3n) is 2.25. The third kappa shape index (κ3) is 4.09. The highest BCUT2D eigenvalue weighted by atomic mass is 15.3. The van der Waals surface area contributed by atoms with Gasteiger partial charge in [0.2, 0.25) is 0 Å². The molecule has 0 atom stereocenters. The van der Waals surface area contributed by atoms with Crippen molar-refractivity contribution in [2.45, 2.75) is 13.3 Å². The van der Waals surface area contributed by atoms with Crippen LogP contribution in [-0.2, 0) is 0 Å². The maximum absolute atomic E-state index is 3.81. The fourth-order valence-electron chi connectivity index (χ4n) is 1.79. The van der Waals surface area contributed by atoms with E-state index < -0.39 is 0 Å². The summed E-state index contributed by atoms with van der Waals surface area (Å²) in [7, 11) is 0. The van der Waals surface area contributed by atoms with Crippen molar-refractivity contribution >= 4 is 0 Å². The van der Waals surface area contributed by atoms with Crippen molar-refractivity contribution in [3.63, 3.8) is 0 Å². The summed E-state index contributed by atoms with van der Waals surface area (Å²) in [4.78, 5) is 0. The number of hydrogen-bond acceptors (Lipinski definition) is 0. The molecule has 0 rings (SSSR count). The molecule has 0 heterocycles. The molecule has 0 fully saturated rings. The smallest absolute Gasteiger partial charge is 0.0975 e. The maximum Gasteiger partial charge on any atom is 0.0975 e. The summed E-state index contributed by atoms with van der Waals surface area (Å²) < 4.78 is 1.02. The Bertz CT molecular complexity index is 143. The molecular formula is C12H22N+. The molecule has 0 aliphatic carbocycles. The highest BCUT2D eigenvalue weighted by Gasteiger charge is 2.20. The molecule has 0 amide bonds. The van der Waals surface area contributed by atoms with Crippen molar-refractivity contribution in [2.75, 3.05) is 26.2 Å². The predicted octanol–water partition coefficient (Wildman–Crippen LogP) is 2.77. The fourth-order valence-corrected chi connectivity index (χ4v) is 1.79. The summed E-state index contributed by atoms with van der Waals surface area (Å²) in [5.74, 6) is 0. The number of rotatable bonds is 8. The summed E-state index contributed by atoms with van der Waals surface area (Å²) in [5, 5.41) is 0. The van der Waals surface area contributed by atoms with Gasteiger partial charge in [0, 0.05) is 0 Å². The van der Waals surface area contributed by atoms with Gasteiger partial charge in [-0.15, -0.1) is 0 Å². The molecule has 0 unspecified atom stereocenters. The second kappa shape index (κ2) is 6.67. The molecule has 0 aromatic carbocycles. The van der Waals surface area contributed by atoms with Crippen molar-refractivity contribution in [3.05, 3.63) is 38.0 Å². The molecule has 0 saturated heterocycles. The molecule has 0 aliphatic heterocycles. The summed E-state index contributed by atoms with van der Waals surface area (Å²) >= 11 is 0. The van der Waals surface area contributed by atoms with Crippen LogP contribution in [0.3, 0.4) is 0 Å². The molecule has 1 heteroatoms. The largest absolute Gasteiger partial charge is 0.314 e. The average Bonchev–Trinajstić information content (AvgIpc) is 2.06. The molecule has 0 aliphatic rings. The molecule has 1 nitrogen and oxygen atoms in total. The van der Waals surface area contributed by atoms with E-state index in [0.29, 0.717) is 0 Å². The molecule has 0 aromatic heterocycles. The van der Waals surface area contributed by atoms with E-state index >= 15 is 0 Å². The zero-order chi connectivity index (χ0) is 10.2. The topological polar surface area (TPSA) is 0 Å². The number of quaternary nitrogens is 1. The van der Waals surface area contributed by atoms with E-state index in [0.717, 1.165) is 24.1 Å². The van der Waals surface area contributed by atoms with E-state index in [1.807, 2.05) is 18.2 Å². The van der Waals surface area contributed by atoms with Crippen LogP contribution in [0.25, 0.3) is 0 Å². The van der Waals surface area contributed by atoms with Gasteiger partial charge in [-0.25, -0.2) is 0 Å². The first-order chi connectivity index (χ1) is 6.24. The van der Waals surface area contributed by atoms with E-state index in [-0.39, 0.29) is 0 Å². The van der Waals surface area contributed by atoms with Crippen LogP contribution >= 0.6 is 0 Å². The predicted molar refractivity (Wildman–Crippen MR) is 60.6 cm³/mol. The van der Waals surface area contributed by atoms with Crippen LogP contribution in [0.5, 0.6) is 0 Å². The molecule has 0 spiro atoms. The monoisotopic (exact) mass is 180 g/mol. The van der Waals surface area contributed by atoms with Gasteiger partial charge in [0.15, 0.2) is 0 Å². The van der Waals surface area contributed by atoms with E-state index in [1.165, 1.54) is 13.0 Å². The third-order valence-corrected chi connectivity index (χ3v) is 2.25. The second-order valence-corrected chi connectivity index (χ2v) is 3.48. The van der Waals surface area contributed by atoms with Crippen LogP contribution in [-0.4, -0.2) is 30.7 Å². The minimum absolute atomic E-state index is 1.01. The van der Waals surface area contributed by atoms with E-state index in [2.05, 4.69) is 26.7 Å². The normalized spacial score (nSPS) is 10.8. The lowest BCUT2D eigenvalue weighted by atomic mass is 10.2. The van der Waals surface area contributed by atoms with Crippen molar-refractivity contribution in [3.8, 4) is 0 Å². The van der Waals surface area contributed by atoms with Gasteiger partial charge in [-0.3, -0.25) is 0 Å². The van der Waals surface area contributed by atoms with E-state index in [4.69, 9.17) is 0 Å². The highest BCUT2D eigenvalue weighted by molar-refractivity contribution is 4.76. The Balaban J connectivity index is 4.44. The standard InChI is InChI=1S/C12H22N/c1-5-9-13(10-6-2,11-7-3)12-8-4/h5-7H,1-3,8-12H2,4H3/q+1. The maximum atomic E-state index is 3.81. The van der Waals surface area contributed by atoms with Gasteiger partial charge >= 0.3 is 0 Å². The van der Waals surface area contributed by atoms with Crippen LogP contribution in [0.2, 0.25) is 0 Å². The Morgan fingerprint density at radius 3 is 1.54 bits per heavy atom. The Kier molecular flexibility index (Phi) is 6.25. The summed E-state index contributed by atoms with van der Waals surface area (Å²) in [6.45, 7) is 17.8. The summed E-state index contributed by atoms with van der Waals surface area (Å²) in [5.41, 5.74) is 0. The Morgan fingerprint density at radius 1 is 0.923 bits per heavy atom. The minimum Gasteiger partial charge on any atom is -0.314 e. The van der Waals surface area contributed by atoms with Crippen LogP contribution < -0.4 is 0 Å². The van der Waals surface area contributed by atoms with Crippen molar-refractivity contribution in [2.24, 2.45) is 0 Å². The Hall–Kier alpha value is -0.820. The zero-order valence-electron chi connectivity index (χ0n) is 8.84. The zero-order valence-corrected chi connectivity index (χ0v) is 8.84. The first kappa shape index (κ1) is 12.2. The lowest BCUT2D eigenvalue weighted by Crippen LogP contribution is -2.48. The van der Waals surface area contributed by atoms with Crippen LogP contribution in [0.4, 0.5) is 0 Å². The first-order valence-electron chi connectivity index (χ1n) is 4.92. The Labute approximate surface area is 82.7 Å². The summed E-state index contributed by atoms with van der Waals surface area (Å²) in [6.07, 6.45) is 7.16. The second-order valence-electron chi connectivity index (χ2n) is 3.48. The average molecular weight is 180 g/mol. The SMILES string of the molecule is C=CC[N+](CC=C)(CC=C)CCC. The van der Waals surface area contributed by atoms with Gasteiger partial charge in [-0.1, -0.05) is 26.7 Å². The lowest BCUT2D eigenvalue weighted by Gasteiger charge is -2.35.